The lowest BCUT2D eigenvalue weighted by molar-refractivity contribution is -0.209. The summed E-state index contributed by atoms with van der Waals surface area (Å²) in [5.74, 6) is 0.360. The van der Waals surface area contributed by atoms with Gasteiger partial charge in [0.2, 0.25) is 0 Å². The number of aromatic nitrogens is 4. The van der Waals surface area contributed by atoms with E-state index in [0.717, 1.165) is 10.1 Å². The summed E-state index contributed by atoms with van der Waals surface area (Å²) in [7, 11) is 0. The fraction of sp³-hybridized carbons (Fsp3) is 0.238. The highest BCUT2D eigenvalue weighted by molar-refractivity contribution is 5.78. The average Bonchev–Trinajstić information content (AvgIpc) is 3.08. The van der Waals surface area contributed by atoms with Crippen molar-refractivity contribution < 1.29 is 13.2 Å². The van der Waals surface area contributed by atoms with Gasteiger partial charge < -0.3 is 4.57 Å². The topological polar surface area (TPSA) is 85.6 Å². The Morgan fingerprint density at radius 2 is 1.65 bits per heavy atom. The molecule has 0 saturated carbocycles. The minimum Gasteiger partial charge on any atom is -0.326 e. The summed E-state index contributed by atoms with van der Waals surface area (Å²) in [5, 5.41) is 8.62. The highest BCUT2D eigenvalue weighted by Gasteiger charge is 2.36. The van der Waals surface area contributed by atoms with Gasteiger partial charge in [-0.2, -0.15) is 9.83 Å². The van der Waals surface area contributed by atoms with Gasteiger partial charge in [-0.15, -0.1) is 13.2 Å². The molecule has 0 radical (unpaired) electrons. The number of alkyl halides is 3. The van der Waals surface area contributed by atoms with Crippen LogP contribution in [0.15, 0.2) is 58.1 Å². The lowest BCUT2D eigenvalue weighted by Crippen LogP contribution is -2.46. The SMILES string of the molecule is N#CCCCn1c(Cn2c(=O)n(C(F)(F)F)c(=O)c3ccccc32)nc2ccccc21. The molecule has 0 fully saturated rings. The van der Waals surface area contributed by atoms with Crippen LogP contribution in [-0.2, 0) is 19.4 Å². The van der Waals surface area contributed by atoms with Gasteiger partial charge in [0.05, 0.1) is 34.6 Å². The molecule has 0 aliphatic heterocycles. The fourth-order valence-electron chi connectivity index (χ4n) is 3.65. The van der Waals surface area contributed by atoms with Crippen LogP contribution in [0.2, 0.25) is 0 Å². The van der Waals surface area contributed by atoms with E-state index in [2.05, 4.69) is 11.1 Å². The highest BCUT2D eigenvalue weighted by Crippen LogP contribution is 2.21. The van der Waals surface area contributed by atoms with Crippen molar-refractivity contribution in [2.45, 2.75) is 32.2 Å². The average molecular weight is 427 g/mol. The first kappa shape index (κ1) is 20.4. The molecule has 158 valence electrons. The van der Waals surface area contributed by atoms with Crippen LogP contribution in [0.25, 0.3) is 21.9 Å². The predicted molar refractivity (Wildman–Crippen MR) is 107 cm³/mol. The zero-order valence-corrected chi connectivity index (χ0v) is 16.1. The third kappa shape index (κ3) is 3.59. The van der Waals surface area contributed by atoms with Gasteiger partial charge in [-0.3, -0.25) is 9.36 Å². The van der Waals surface area contributed by atoms with Crippen molar-refractivity contribution in [1.82, 2.24) is 18.7 Å². The maximum atomic E-state index is 13.5. The Kier molecular flexibility index (Phi) is 5.10. The molecule has 31 heavy (non-hydrogen) atoms. The van der Waals surface area contributed by atoms with Gasteiger partial charge in [0.1, 0.15) is 5.82 Å². The number of hydrogen-bond acceptors (Lipinski definition) is 4. The molecule has 0 aliphatic carbocycles. The number of halogens is 3. The highest BCUT2D eigenvalue weighted by atomic mass is 19.4. The third-order valence-electron chi connectivity index (χ3n) is 5.01. The molecular formula is C21H16F3N5O2. The quantitative estimate of drug-likeness (QED) is 0.457. The van der Waals surface area contributed by atoms with Crippen LogP contribution >= 0.6 is 0 Å². The number of fused-ring (bicyclic) bond motifs is 2. The van der Waals surface area contributed by atoms with Crippen molar-refractivity contribution in [2.75, 3.05) is 0 Å². The largest absolute Gasteiger partial charge is 0.495 e. The van der Waals surface area contributed by atoms with Crippen molar-refractivity contribution in [1.29, 1.82) is 5.26 Å². The molecule has 2 heterocycles. The van der Waals surface area contributed by atoms with E-state index in [1.807, 2.05) is 6.07 Å². The van der Waals surface area contributed by atoms with E-state index in [9.17, 15) is 22.8 Å². The van der Waals surface area contributed by atoms with Crippen LogP contribution < -0.4 is 11.2 Å². The van der Waals surface area contributed by atoms with Gasteiger partial charge >= 0.3 is 12.0 Å². The molecule has 0 unspecified atom stereocenters. The van der Waals surface area contributed by atoms with Crippen LogP contribution in [0.1, 0.15) is 18.7 Å². The first-order valence-electron chi connectivity index (χ1n) is 9.46. The molecule has 10 heteroatoms. The molecule has 0 bridgehead atoms. The number of benzene rings is 2. The molecule has 7 nitrogen and oxygen atoms in total. The first-order chi connectivity index (χ1) is 14.8. The smallest absolute Gasteiger partial charge is 0.326 e. The summed E-state index contributed by atoms with van der Waals surface area (Å²) >= 11 is 0. The van der Waals surface area contributed by atoms with Crippen molar-refractivity contribution >= 4 is 21.9 Å². The van der Waals surface area contributed by atoms with E-state index in [1.54, 1.807) is 28.8 Å². The maximum absolute atomic E-state index is 13.5. The molecule has 0 amide bonds. The van der Waals surface area contributed by atoms with Gasteiger partial charge in [0.25, 0.3) is 5.56 Å². The zero-order chi connectivity index (χ0) is 22.2. The van der Waals surface area contributed by atoms with Gasteiger partial charge in [0, 0.05) is 13.0 Å². The van der Waals surface area contributed by atoms with Gasteiger partial charge in [-0.05, 0) is 30.7 Å². The van der Waals surface area contributed by atoms with Crippen LogP contribution in [0.4, 0.5) is 13.2 Å². The maximum Gasteiger partial charge on any atom is 0.495 e. The van der Waals surface area contributed by atoms with E-state index in [1.165, 1.54) is 18.2 Å². The van der Waals surface area contributed by atoms with Crippen molar-refractivity contribution in [3.8, 4) is 6.07 Å². The number of nitrogens with zero attached hydrogens (tertiary/aromatic N) is 5. The van der Waals surface area contributed by atoms with Crippen LogP contribution in [0.5, 0.6) is 0 Å². The predicted octanol–water partition coefficient (Wildman–Crippen LogP) is 3.34. The van der Waals surface area contributed by atoms with E-state index >= 15 is 0 Å². The number of nitriles is 1. The van der Waals surface area contributed by atoms with Crippen LogP contribution in [0, 0.1) is 11.3 Å². The molecule has 0 spiro atoms. The summed E-state index contributed by atoms with van der Waals surface area (Å²) in [6, 6.07) is 14.9. The van der Waals surface area contributed by atoms with Crippen LogP contribution in [0.3, 0.4) is 0 Å². The number of para-hydroxylation sites is 3. The molecule has 0 aliphatic rings. The number of rotatable bonds is 5. The van der Waals surface area contributed by atoms with E-state index in [4.69, 9.17) is 5.26 Å². The summed E-state index contributed by atoms with van der Waals surface area (Å²) in [5.41, 5.74) is -1.43. The Hall–Kier alpha value is -3.87. The number of hydrogen-bond donors (Lipinski definition) is 0. The Morgan fingerprint density at radius 3 is 2.35 bits per heavy atom. The summed E-state index contributed by atoms with van der Waals surface area (Å²) in [4.78, 5) is 29.6. The minimum absolute atomic E-state index is 0.0913. The van der Waals surface area contributed by atoms with Crippen molar-refractivity contribution in [3.05, 3.63) is 75.2 Å². The summed E-state index contributed by atoms with van der Waals surface area (Å²) in [6.45, 7) is 0.145. The molecule has 2 aromatic heterocycles. The Bertz CT molecular complexity index is 1440. The first-order valence-corrected chi connectivity index (χ1v) is 9.46. The molecule has 4 rings (SSSR count). The Labute approximate surface area is 173 Å². The number of imidazole rings is 1. The second kappa shape index (κ2) is 7.75. The van der Waals surface area contributed by atoms with Crippen molar-refractivity contribution in [2.24, 2.45) is 0 Å². The summed E-state index contributed by atoms with van der Waals surface area (Å²) < 4.78 is 42.5. The Balaban J connectivity index is 1.95. The second-order valence-corrected chi connectivity index (χ2v) is 6.92. The molecule has 0 saturated heterocycles. The monoisotopic (exact) mass is 427 g/mol. The second-order valence-electron chi connectivity index (χ2n) is 6.92. The van der Waals surface area contributed by atoms with Gasteiger partial charge in [0.15, 0.2) is 0 Å². The van der Waals surface area contributed by atoms with Gasteiger partial charge in [-0.1, -0.05) is 24.3 Å². The van der Waals surface area contributed by atoms with E-state index in [0.29, 0.717) is 30.7 Å². The normalized spacial score (nSPS) is 11.8. The number of unbranched alkanes of at least 4 members (excludes halogenated alkanes) is 1. The van der Waals surface area contributed by atoms with Crippen LogP contribution in [-0.4, -0.2) is 18.7 Å². The lowest BCUT2D eigenvalue weighted by Gasteiger charge is -2.16. The molecular weight excluding hydrogens is 411 g/mol. The standard InChI is InChI=1S/C21H16F3N5O2/c22-21(23,24)29-19(30)14-7-1-3-9-16(14)28(20(29)31)13-18-26-15-8-2-4-10-17(15)27(18)12-6-5-11-25/h1-4,7-10H,5-6,12-13H2. The lowest BCUT2D eigenvalue weighted by atomic mass is 10.2. The Morgan fingerprint density at radius 1 is 0.968 bits per heavy atom. The fourth-order valence-corrected chi connectivity index (χ4v) is 3.65. The molecule has 4 aromatic rings. The van der Waals surface area contributed by atoms with Crippen molar-refractivity contribution in [3.63, 3.8) is 0 Å². The van der Waals surface area contributed by atoms with E-state index < -0.39 is 22.1 Å². The molecule has 0 N–H and O–H groups in total. The number of aryl methyl sites for hydroxylation is 1. The minimum atomic E-state index is -5.16. The summed E-state index contributed by atoms with van der Waals surface area (Å²) in [6.07, 6.45) is -4.35. The molecule has 2 aromatic carbocycles. The zero-order valence-electron chi connectivity index (χ0n) is 16.1. The van der Waals surface area contributed by atoms with E-state index in [-0.39, 0.29) is 17.4 Å². The van der Waals surface area contributed by atoms with Gasteiger partial charge in [-0.25, -0.2) is 9.78 Å². The molecule has 0 atom stereocenters. The third-order valence-corrected chi connectivity index (χ3v) is 5.01.